The molecule has 0 bridgehead atoms. The lowest BCUT2D eigenvalue weighted by Crippen LogP contribution is -2.46. The van der Waals surface area contributed by atoms with E-state index in [2.05, 4.69) is 37.9 Å². The summed E-state index contributed by atoms with van der Waals surface area (Å²) in [4.78, 5) is 2.50. The van der Waals surface area contributed by atoms with Crippen molar-refractivity contribution in [1.29, 1.82) is 0 Å². The van der Waals surface area contributed by atoms with Crippen molar-refractivity contribution >= 4 is 0 Å². The van der Waals surface area contributed by atoms with Gasteiger partial charge >= 0.3 is 0 Å². The van der Waals surface area contributed by atoms with E-state index in [0.717, 1.165) is 38.8 Å². The van der Waals surface area contributed by atoms with E-state index in [0.29, 0.717) is 12.1 Å². The molecular formula is C14H30N2O. The normalized spacial score (nSPS) is 21.7. The molecule has 0 aromatic rings. The predicted molar refractivity (Wildman–Crippen MR) is 73.4 cm³/mol. The molecule has 102 valence electrons. The zero-order valence-corrected chi connectivity index (χ0v) is 12.0. The molecule has 1 rings (SSSR count). The van der Waals surface area contributed by atoms with Crippen LogP contribution in [-0.2, 0) is 4.74 Å². The van der Waals surface area contributed by atoms with Gasteiger partial charge in [0.2, 0.25) is 0 Å². The van der Waals surface area contributed by atoms with Crippen LogP contribution >= 0.6 is 0 Å². The van der Waals surface area contributed by atoms with Crippen molar-refractivity contribution in [2.24, 2.45) is 5.92 Å². The molecule has 1 fully saturated rings. The number of nitrogens with zero attached hydrogens (tertiary/aromatic N) is 1. The van der Waals surface area contributed by atoms with Crippen LogP contribution in [0.5, 0.6) is 0 Å². The highest BCUT2D eigenvalue weighted by Crippen LogP contribution is 2.07. The number of hydrogen-bond acceptors (Lipinski definition) is 3. The zero-order valence-electron chi connectivity index (χ0n) is 12.0. The van der Waals surface area contributed by atoms with Crippen LogP contribution in [0.25, 0.3) is 0 Å². The summed E-state index contributed by atoms with van der Waals surface area (Å²) in [5, 5.41) is 3.70. The van der Waals surface area contributed by atoms with E-state index >= 15 is 0 Å². The smallest absolute Gasteiger partial charge is 0.0594 e. The SMILES string of the molecule is CC(C)CCC(C)NC(C)CN1CCOCC1. The molecule has 1 aliphatic heterocycles. The maximum atomic E-state index is 5.37. The van der Waals surface area contributed by atoms with Gasteiger partial charge in [-0.1, -0.05) is 13.8 Å². The van der Waals surface area contributed by atoms with Gasteiger partial charge in [-0.15, -0.1) is 0 Å². The molecule has 2 atom stereocenters. The summed E-state index contributed by atoms with van der Waals surface area (Å²) >= 11 is 0. The molecule has 1 N–H and O–H groups in total. The standard InChI is InChI=1S/C14H30N2O/c1-12(2)5-6-13(3)15-14(4)11-16-7-9-17-10-8-16/h12-15H,5-11H2,1-4H3. The fraction of sp³-hybridized carbons (Fsp3) is 1.00. The van der Waals surface area contributed by atoms with E-state index in [1.54, 1.807) is 0 Å². The van der Waals surface area contributed by atoms with Crippen molar-refractivity contribution in [3.05, 3.63) is 0 Å². The summed E-state index contributed by atoms with van der Waals surface area (Å²) in [5.74, 6) is 0.814. The van der Waals surface area contributed by atoms with Crippen LogP contribution < -0.4 is 5.32 Å². The Balaban J connectivity index is 2.12. The maximum Gasteiger partial charge on any atom is 0.0594 e. The molecule has 1 saturated heterocycles. The molecule has 0 aliphatic carbocycles. The van der Waals surface area contributed by atoms with E-state index in [-0.39, 0.29) is 0 Å². The zero-order chi connectivity index (χ0) is 12.7. The molecule has 0 amide bonds. The van der Waals surface area contributed by atoms with Gasteiger partial charge < -0.3 is 10.1 Å². The third-order valence-corrected chi connectivity index (χ3v) is 3.38. The first-order valence-corrected chi connectivity index (χ1v) is 7.14. The summed E-state index contributed by atoms with van der Waals surface area (Å²) in [5.41, 5.74) is 0. The lowest BCUT2D eigenvalue weighted by atomic mass is 10.0. The minimum Gasteiger partial charge on any atom is -0.379 e. The summed E-state index contributed by atoms with van der Waals surface area (Å²) < 4.78 is 5.37. The van der Waals surface area contributed by atoms with Crippen LogP contribution in [0.1, 0.15) is 40.5 Å². The van der Waals surface area contributed by atoms with Gasteiger partial charge in [0.05, 0.1) is 13.2 Å². The van der Waals surface area contributed by atoms with Gasteiger partial charge in [0.1, 0.15) is 0 Å². The third kappa shape index (κ3) is 7.02. The minimum absolute atomic E-state index is 0.579. The van der Waals surface area contributed by atoms with Gasteiger partial charge in [-0.3, -0.25) is 4.90 Å². The molecule has 0 aromatic carbocycles. The summed E-state index contributed by atoms with van der Waals surface area (Å²) in [7, 11) is 0. The Hall–Kier alpha value is -0.120. The molecule has 3 heteroatoms. The molecule has 1 heterocycles. The Morgan fingerprint density at radius 3 is 2.24 bits per heavy atom. The number of morpholine rings is 1. The number of ether oxygens (including phenoxy) is 1. The largest absolute Gasteiger partial charge is 0.379 e. The highest BCUT2D eigenvalue weighted by atomic mass is 16.5. The molecule has 0 saturated carbocycles. The first-order chi connectivity index (χ1) is 8.08. The Morgan fingerprint density at radius 2 is 1.65 bits per heavy atom. The van der Waals surface area contributed by atoms with Crippen LogP contribution in [0.4, 0.5) is 0 Å². The van der Waals surface area contributed by atoms with Gasteiger partial charge in [0, 0.05) is 31.7 Å². The highest BCUT2D eigenvalue weighted by Gasteiger charge is 2.14. The summed E-state index contributed by atoms with van der Waals surface area (Å²) in [6, 6.07) is 1.21. The van der Waals surface area contributed by atoms with Crippen LogP contribution in [0.3, 0.4) is 0 Å². The fourth-order valence-corrected chi connectivity index (χ4v) is 2.38. The Bertz CT molecular complexity index is 191. The highest BCUT2D eigenvalue weighted by molar-refractivity contribution is 4.73. The van der Waals surface area contributed by atoms with Gasteiger partial charge in [0.25, 0.3) is 0 Å². The second kappa shape index (κ2) is 8.06. The molecule has 2 unspecified atom stereocenters. The second-order valence-corrected chi connectivity index (χ2v) is 5.85. The van der Waals surface area contributed by atoms with Crippen molar-refractivity contribution in [3.63, 3.8) is 0 Å². The quantitative estimate of drug-likeness (QED) is 0.740. The molecule has 0 spiro atoms. The Labute approximate surface area is 107 Å². The van der Waals surface area contributed by atoms with Crippen LogP contribution in [0, 0.1) is 5.92 Å². The van der Waals surface area contributed by atoms with Crippen molar-refractivity contribution in [2.45, 2.75) is 52.6 Å². The van der Waals surface area contributed by atoms with Crippen molar-refractivity contribution in [3.8, 4) is 0 Å². The topological polar surface area (TPSA) is 24.5 Å². The van der Waals surface area contributed by atoms with E-state index in [9.17, 15) is 0 Å². The van der Waals surface area contributed by atoms with Crippen LogP contribution in [0.15, 0.2) is 0 Å². The third-order valence-electron chi connectivity index (χ3n) is 3.38. The Kier molecular flexibility index (Phi) is 7.09. The average Bonchev–Trinajstić information content (AvgIpc) is 2.27. The average molecular weight is 242 g/mol. The number of rotatable bonds is 7. The van der Waals surface area contributed by atoms with Crippen molar-refractivity contribution in [2.75, 3.05) is 32.8 Å². The summed E-state index contributed by atoms with van der Waals surface area (Å²) in [6.45, 7) is 14.3. The summed E-state index contributed by atoms with van der Waals surface area (Å²) in [6.07, 6.45) is 2.60. The van der Waals surface area contributed by atoms with E-state index in [1.807, 2.05) is 0 Å². The molecule has 0 radical (unpaired) electrons. The van der Waals surface area contributed by atoms with E-state index in [4.69, 9.17) is 4.74 Å². The van der Waals surface area contributed by atoms with Crippen LogP contribution in [0.2, 0.25) is 0 Å². The maximum absolute atomic E-state index is 5.37. The van der Waals surface area contributed by atoms with Gasteiger partial charge in [0.15, 0.2) is 0 Å². The van der Waals surface area contributed by atoms with Crippen molar-refractivity contribution in [1.82, 2.24) is 10.2 Å². The molecule has 1 aliphatic rings. The molecule has 0 aromatic heterocycles. The van der Waals surface area contributed by atoms with Gasteiger partial charge in [-0.2, -0.15) is 0 Å². The molecular weight excluding hydrogens is 212 g/mol. The van der Waals surface area contributed by atoms with E-state index in [1.165, 1.54) is 12.8 Å². The fourth-order valence-electron chi connectivity index (χ4n) is 2.38. The number of nitrogens with one attached hydrogen (secondary N) is 1. The van der Waals surface area contributed by atoms with Gasteiger partial charge in [-0.05, 0) is 32.6 Å². The molecule has 3 nitrogen and oxygen atoms in total. The van der Waals surface area contributed by atoms with Gasteiger partial charge in [-0.25, -0.2) is 0 Å². The molecule has 17 heavy (non-hydrogen) atoms. The lowest BCUT2D eigenvalue weighted by molar-refractivity contribution is 0.0339. The second-order valence-electron chi connectivity index (χ2n) is 5.85. The minimum atomic E-state index is 0.579. The first kappa shape index (κ1) is 14.9. The Morgan fingerprint density at radius 1 is 1.00 bits per heavy atom. The van der Waals surface area contributed by atoms with Crippen LogP contribution in [-0.4, -0.2) is 49.8 Å². The first-order valence-electron chi connectivity index (χ1n) is 7.14. The number of hydrogen-bond donors (Lipinski definition) is 1. The van der Waals surface area contributed by atoms with E-state index < -0.39 is 0 Å². The predicted octanol–water partition coefficient (Wildman–Crippen LogP) is 2.12. The van der Waals surface area contributed by atoms with Crippen molar-refractivity contribution < 1.29 is 4.74 Å². The monoisotopic (exact) mass is 242 g/mol. The lowest BCUT2D eigenvalue weighted by Gasteiger charge is -2.30.